The van der Waals surface area contributed by atoms with Gasteiger partial charge in [0.05, 0.1) is 12.5 Å². The molecule has 0 spiro atoms. The molecule has 0 N–H and O–H groups in total. The SMILES string of the molecule is Cn1c(CCl)nnc1CCOCC(F)(F)F. The molecule has 0 atom stereocenters. The van der Waals surface area contributed by atoms with Gasteiger partial charge in [-0.15, -0.1) is 21.8 Å². The lowest BCUT2D eigenvalue weighted by molar-refractivity contribution is -0.173. The first kappa shape index (κ1) is 13.2. The Hall–Kier alpha value is -0.820. The van der Waals surface area contributed by atoms with Crippen LogP contribution in [0.3, 0.4) is 0 Å². The van der Waals surface area contributed by atoms with Gasteiger partial charge in [0.25, 0.3) is 0 Å². The van der Waals surface area contributed by atoms with Crippen molar-refractivity contribution in [1.82, 2.24) is 14.8 Å². The first-order valence-electron chi connectivity index (χ1n) is 4.51. The molecule has 0 saturated carbocycles. The molecule has 92 valence electrons. The Balaban J connectivity index is 2.35. The first-order chi connectivity index (χ1) is 7.44. The maximum atomic E-state index is 11.7. The van der Waals surface area contributed by atoms with Crippen molar-refractivity contribution in [1.29, 1.82) is 0 Å². The van der Waals surface area contributed by atoms with E-state index in [0.717, 1.165) is 0 Å². The maximum absolute atomic E-state index is 11.7. The lowest BCUT2D eigenvalue weighted by atomic mass is 10.4. The fraction of sp³-hybridized carbons (Fsp3) is 0.750. The summed E-state index contributed by atoms with van der Waals surface area (Å²) in [7, 11) is 1.71. The molecule has 16 heavy (non-hydrogen) atoms. The lowest BCUT2D eigenvalue weighted by Crippen LogP contribution is -2.18. The number of nitrogens with zero attached hydrogens (tertiary/aromatic N) is 3. The van der Waals surface area contributed by atoms with Gasteiger partial charge < -0.3 is 9.30 Å². The average molecular weight is 258 g/mol. The van der Waals surface area contributed by atoms with E-state index in [1.54, 1.807) is 11.6 Å². The van der Waals surface area contributed by atoms with Gasteiger partial charge in [-0.25, -0.2) is 0 Å². The molecule has 8 heteroatoms. The maximum Gasteiger partial charge on any atom is 0.411 e. The summed E-state index contributed by atoms with van der Waals surface area (Å²) in [6.45, 7) is -1.29. The monoisotopic (exact) mass is 257 g/mol. The van der Waals surface area contributed by atoms with Gasteiger partial charge in [0.2, 0.25) is 0 Å². The van der Waals surface area contributed by atoms with E-state index < -0.39 is 12.8 Å². The quantitative estimate of drug-likeness (QED) is 0.595. The Morgan fingerprint density at radius 3 is 2.44 bits per heavy atom. The summed E-state index contributed by atoms with van der Waals surface area (Å²) >= 11 is 5.56. The second-order valence-corrected chi connectivity index (χ2v) is 3.41. The summed E-state index contributed by atoms with van der Waals surface area (Å²) < 4.78 is 41.3. The van der Waals surface area contributed by atoms with Crippen molar-refractivity contribution in [3.63, 3.8) is 0 Å². The highest BCUT2D eigenvalue weighted by Crippen LogP contribution is 2.14. The summed E-state index contributed by atoms with van der Waals surface area (Å²) in [5, 5.41) is 7.55. The van der Waals surface area contributed by atoms with Crippen LogP contribution in [0, 0.1) is 0 Å². The smallest absolute Gasteiger partial charge is 0.372 e. The van der Waals surface area contributed by atoms with Crippen molar-refractivity contribution in [2.24, 2.45) is 7.05 Å². The predicted molar refractivity (Wildman–Crippen MR) is 51.1 cm³/mol. The molecular formula is C8H11ClF3N3O. The second kappa shape index (κ2) is 5.49. The molecule has 1 aromatic rings. The molecule has 4 nitrogen and oxygen atoms in total. The third-order valence-electron chi connectivity index (χ3n) is 1.91. The third-order valence-corrected chi connectivity index (χ3v) is 2.15. The normalized spacial score (nSPS) is 12.1. The Morgan fingerprint density at radius 1 is 1.31 bits per heavy atom. The highest BCUT2D eigenvalue weighted by atomic mass is 35.5. The van der Waals surface area contributed by atoms with Crippen molar-refractivity contribution >= 4 is 11.6 Å². The van der Waals surface area contributed by atoms with Gasteiger partial charge in [-0.05, 0) is 0 Å². The van der Waals surface area contributed by atoms with Crippen LogP contribution in [0.4, 0.5) is 13.2 Å². The van der Waals surface area contributed by atoms with Crippen molar-refractivity contribution in [3.8, 4) is 0 Å². The van der Waals surface area contributed by atoms with Crippen LogP contribution in [0.2, 0.25) is 0 Å². The molecule has 0 aliphatic carbocycles. The van der Waals surface area contributed by atoms with Gasteiger partial charge in [-0.3, -0.25) is 0 Å². The number of hydrogen-bond donors (Lipinski definition) is 0. The van der Waals surface area contributed by atoms with Crippen LogP contribution in [0.25, 0.3) is 0 Å². The van der Waals surface area contributed by atoms with E-state index in [2.05, 4.69) is 14.9 Å². The van der Waals surface area contributed by atoms with Crippen molar-refractivity contribution in [3.05, 3.63) is 11.6 Å². The molecule has 0 fully saturated rings. The predicted octanol–water partition coefficient (Wildman–Crippen LogP) is 1.68. The zero-order valence-electron chi connectivity index (χ0n) is 8.59. The fourth-order valence-corrected chi connectivity index (χ4v) is 1.32. The number of aromatic nitrogens is 3. The van der Waals surface area contributed by atoms with Crippen LogP contribution >= 0.6 is 11.6 Å². The van der Waals surface area contributed by atoms with E-state index in [-0.39, 0.29) is 18.9 Å². The zero-order valence-corrected chi connectivity index (χ0v) is 9.35. The van der Waals surface area contributed by atoms with Crippen LogP contribution in [0.5, 0.6) is 0 Å². The molecule has 0 aliphatic heterocycles. The van der Waals surface area contributed by atoms with Gasteiger partial charge in [0.1, 0.15) is 18.3 Å². The van der Waals surface area contributed by atoms with Gasteiger partial charge in [0, 0.05) is 13.5 Å². The second-order valence-electron chi connectivity index (χ2n) is 3.14. The van der Waals surface area contributed by atoms with Gasteiger partial charge in [0.15, 0.2) is 0 Å². The van der Waals surface area contributed by atoms with E-state index in [4.69, 9.17) is 11.6 Å². The Kier molecular flexibility index (Phi) is 4.55. The summed E-state index contributed by atoms with van der Waals surface area (Å²) in [4.78, 5) is 0. The van der Waals surface area contributed by atoms with E-state index in [1.807, 2.05) is 0 Å². The Morgan fingerprint density at radius 2 is 1.94 bits per heavy atom. The first-order valence-corrected chi connectivity index (χ1v) is 5.05. The molecule has 0 aromatic carbocycles. The van der Waals surface area contributed by atoms with Crippen LogP contribution in [-0.2, 0) is 24.1 Å². The minimum absolute atomic E-state index is 0.0478. The molecule has 1 aromatic heterocycles. The summed E-state index contributed by atoms with van der Waals surface area (Å²) in [6.07, 6.45) is -4.02. The van der Waals surface area contributed by atoms with Crippen LogP contribution in [-0.4, -0.2) is 34.2 Å². The van der Waals surface area contributed by atoms with Crippen molar-refractivity contribution in [2.45, 2.75) is 18.5 Å². The third kappa shape index (κ3) is 3.97. The molecule has 0 radical (unpaired) electrons. The Bertz CT molecular complexity index is 340. The molecular weight excluding hydrogens is 247 g/mol. The molecule has 0 saturated heterocycles. The van der Waals surface area contributed by atoms with Crippen LogP contribution in [0.15, 0.2) is 0 Å². The van der Waals surface area contributed by atoms with E-state index >= 15 is 0 Å². The topological polar surface area (TPSA) is 39.9 Å². The minimum atomic E-state index is -4.29. The largest absolute Gasteiger partial charge is 0.411 e. The van der Waals surface area contributed by atoms with Crippen molar-refractivity contribution in [2.75, 3.05) is 13.2 Å². The lowest BCUT2D eigenvalue weighted by Gasteiger charge is -2.07. The molecule has 0 unspecified atom stereocenters. The van der Waals surface area contributed by atoms with Gasteiger partial charge in [-0.2, -0.15) is 13.2 Å². The zero-order chi connectivity index (χ0) is 12.2. The standard InChI is InChI=1S/C8H11ClF3N3O/c1-15-6(13-14-7(15)4-9)2-3-16-5-8(10,11)12/h2-5H2,1H3. The van der Waals surface area contributed by atoms with E-state index in [0.29, 0.717) is 11.6 Å². The average Bonchev–Trinajstić information content (AvgIpc) is 2.53. The van der Waals surface area contributed by atoms with Crippen LogP contribution in [0.1, 0.15) is 11.6 Å². The molecule has 1 heterocycles. The number of ether oxygens (including phenoxy) is 1. The van der Waals surface area contributed by atoms with Crippen molar-refractivity contribution < 1.29 is 17.9 Å². The number of rotatable bonds is 5. The highest BCUT2D eigenvalue weighted by Gasteiger charge is 2.27. The molecule has 0 amide bonds. The van der Waals surface area contributed by atoms with Gasteiger partial charge >= 0.3 is 6.18 Å². The number of halogens is 4. The summed E-state index contributed by atoms with van der Waals surface area (Å²) in [5.74, 6) is 1.35. The minimum Gasteiger partial charge on any atom is -0.372 e. The number of hydrogen-bond acceptors (Lipinski definition) is 3. The summed E-state index contributed by atoms with van der Waals surface area (Å²) in [6, 6.07) is 0. The highest BCUT2D eigenvalue weighted by molar-refractivity contribution is 6.16. The summed E-state index contributed by atoms with van der Waals surface area (Å²) in [5.41, 5.74) is 0. The number of alkyl halides is 4. The Labute approximate surface area is 95.4 Å². The molecule has 1 rings (SSSR count). The van der Waals surface area contributed by atoms with Crippen LogP contribution < -0.4 is 0 Å². The van der Waals surface area contributed by atoms with E-state index in [9.17, 15) is 13.2 Å². The fourth-order valence-electron chi connectivity index (χ4n) is 1.08. The molecule has 0 bridgehead atoms. The van der Waals surface area contributed by atoms with Gasteiger partial charge in [-0.1, -0.05) is 0 Å². The van der Waals surface area contributed by atoms with E-state index in [1.165, 1.54) is 0 Å². The molecule has 0 aliphatic rings.